The summed E-state index contributed by atoms with van der Waals surface area (Å²) in [5.74, 6) is 1.00. The Labute approximate surface area is 101 Å². The van der Waals surface area contributed by atoms with E-state index in [-0.39, 0.29) is 0 Å². The van der Waals surface area contributed by atoms with Crippen LogP contribution in [0.1, 0.15) is 58.8 Å². The van der Waals surface area contributed by atoms with Gasteiger partial charge in [0.05, 0.1) is 0 Å². The van der Waals surface area contributed by atoms with Crippen LogP contribution in [-0.2, 0) is 0 Å². The monoisotopic (exact) mass is 224 g/mol. The molecule has 2 saturated heterocycles. The Bertz CT molecular complexity index is 197. The van der Waals surface area contributed by atoms with E-state index in [1.165, 1.54) is 64.6 Å². The largest absolute Gasteiger partial charge is 0.242 e. The molecule has 2 aliphatic heterocycles. The van der Waals surface area contributed by atoms with E-state index in [2.05, 4.69) is 23.9 Å². The molecule has 0 aromatic heterocycles. The second kappa shape index (κ2) is 6.02. The smallest absolute Gasteiger partial charge is 0.0243 e. The van der Waals surface area contributed by atoms with Crippen LogP contribution in [0.3, 0.4) is 0 Å². The normalized spacial score (nSPS) is 30.8. The fourth-order valence-corrected chi connectivity index (χ4v) is 3.36. The average Bonchev–Trinajstić information content (AvgIpc) is 2.39. The first-order valence-corrected chi connectivity index (χ1v) is 7.36. The Hall–Kier alpha value is -0.0800. The van der Waals surface area contributed by atoms with Crippen molar-refractivity contribution in [3.63, 3.8) is 0 Å². The number of hydrogen-bond donors (Lipinski definition) is 0. The summed E-state index contributed by atoms with van der Waals surface area (Å²) < 4.78 is 0. The third-order valence-electron chi connectivity index (χ3n) is 4.60. The summed E-state index contributed by atoms with van der Waals surface area (Å²) in [6.07, 6.45) is 9.82. The molecular weight excluding hydrogens is 196 g/mol. The van der Waals surface area contributed by atoms with Gasteiger partial charge >= 0.3 is 0 Å². The molecule has 2 fully saturated rings. The Morgan fingerprint density at radius 1 is 0.875 bits per heavy atom. The highest BCUT2D eigenvalue weighted by molar-refractivity contribution is 4.78. The second-order valence-corrected chi connectivity index (χ2v) is 5.53. The van der Waals surface area contributed by atoms with Gasteiger partial charge in [0.25, 0.3) is 0 Å². The van der Waals surface area contributed by atoms with Crippen molar-refractivity contribution < 1.29 is 0 Å². The summed E-state index contributed by atoms with van der Waals surface area (Å²) in [6.45, 7) is 8.64. The molecule has 0 N–H and O–H groups in total. The van der Waals surface area contributed by atoms with E-state index in [1.807, 2.05) is 0 Å². The van der Waals surface area contributed by atoms with E-state index in [1.54, 1.807) is 0 Å². The minimum Gasteiger partial charge on any atom is -0.242 e. The van der Waals surface area contributed by atoms with Gasteiger partial charge in [-0.15, -0.1) is 0 Å². The summed E-state index contributed by atoms with van der Waals surface area (Å²) >= 11 is 0. The quantitative estimate of drug-likeness (QED) is 0.726. The molecule has 1 atom stereocenters. The fourth-order valence-electron chi connectivity index (χ4n) is 3.36. The minimum atomic E-state index is 0.840. The predicted octanol–water partition coefficient (Wildman–Crippen LogP) is 3.29. The molecule has 1 unspecified atom stereocenters. The van der Waals surface area contributed by atoms with E-state index < -0.39 is 0 Å². The first-order valence-electron chi connectivity index (χ1n) is 7.36. The van der Waals surface area contributed by atoms with E-state index in [4.69, 9.17) is 0 Å². The second-order valence-electron chi connectivity index (χ2n) is 5.53. The summed E-state index contributed by atoms with van der Waals surface area (Å²) in [4.78, 5) is 0. The van der Waals surface area contributed by atoms with E-state index >= 15 is 0 Å². The average molecular weight is 224 g/mol. The van der Waals surface area contributed by atoms with Gasteiger partial charge in [-0.2, -0.15) is 0 Å². The van der Waals surface area contributed by atoms with Crippen molar-refractivity contribution in [3.05, 3.63) is 0 Å². The maximum Gasteiger partial charge on any atom is 0.0243 e. The van der Waals surface area contributed by atoms with Crippen LogP contribution in [0.25, 0.3) is 0 Å². The topological polar surface area (TPSA) is 6.48 Å². The van der Waals surface area contributed by atoms with Crippen molar-refractivity contribution in [2.75, 3.05) is 19.6 Å². The first kappa shape index (κ1) is 12.4. The van der Waals surface area contributed by atoms with Gasteiger partial charge in [-0.25, -0.2) is 10.0 Å². The summed E-state index contributed by atoms with van der Waals surface area (Å²) in [7, 11) is 0. The molecule has 0 aromatic carbocycles. The van der Waals surface area contributed by atoms with Crippen molar-refractivity contribution in [1.82, 2.24) is 10.0 Å². The van der Waals surface area contributed by atoms with Gasteiger partial charge in [-0.05, 0) is 38.0 Å². The Kier molecular flexibility index (Phi) is 4.66. The standard InChI is InChI=1S/C14H28N2/c1-3-13-8-11-15(12-9-13)16-10-6-5-7-14(16)4-2/h13-14H,3-12H2,1-2H3. The van der Waals surface area contributed by atoms with Gasteiger partial charge in [0.15, 0.2) is 0 Å². The Balaban J connectivity index is 1.86. The molecule has 0 saturated carbocycles. The van der Waals surface area contributed by atoms with Crippen molar-refractivity contribution >= 4 is 0 Å². The van der Waals surface area contributed by atoms with Crippen molar-refractivity contribution in [2.45, 2.75) is 64.8 Å². The van der Waals surface area contributed by atoms with Gasteiger partial charge in [-0.3, -0.25) is 0 Å². The van der Waals surface area contributed by atoms with Crippen LogP contribution in [0.15, 0.2) is 0 Å². The predicted molar refractivity (Wildman–Crippen MR) is 69.2 cm³/mol. The summed E-state index contributed by atoms with van der Waals surface area (Å²) in [6, 6.07) is 0.840. The summed E-state index contributed by atoms with van der Waals surface area (Å²) in [5.41, 5.74) is 0. The van der Waals surface area contributed by atoms with Gasteiger partial charge in [0, 0.05) is 25.7 Å². The Morgan fingerprint density at radius 3 is 2.25 bits per heavy atom. The van der Waals surface area contributed by atoms with E-state index in [0.717, 1.165) is 12.0 Å². The van der Waals surface area contributed by atoms with Crippen LogP contribution in [0.5, 0.6) is 0 Å². The third kappa shape index (κ3) is 2.78. The molecular formula is C14H28N2. The van der Waals surface area contributed by atoms with E-state index in [0.29, 0.717) is 0 Å². The molecule has 94 valence electrons. The van der Waals surface area contributed by atoms with Gasteiger partial charge in [0.2, 0.25) is 0 Å². The lowest BCUT2D eigenvalue weighted by Gasteiger charge is -2.45. The number of piperidine rings is 2. The van der Waals surface area contributed by atoms with Crippen LogP contribution in [-0.4, -0.2) is 35.7 Å². The maximum atomic E-state index is 2.70. The van der Waals surface area contributed by atoms with Crippen LogP contribution in [0, 0.1) is 5.92 Å². The molecule has 2 nitrogen and oxygen atoms in total. The van der Waals surface area contributed by atoms with Crippen molar-refractivity contribution in [2.24, 2.45) is 5.92 Å². The summed E-state index contributed by atoms with van der Waals surface area (Å²) in [5, 5.41) is 5.37. The lowest BCUT2D eigenvalue weighted by atomic mass is 9.94. The molecule has 0 bridgehead atoms. The molecule has 0 amide bonds. The number of rotatable bonds is 3. The molecule has 2 rings (SSSR count). The zero-order valence-corrected chi connectivity index (χ0v) is 11.1. The number of hydrogen-bond acceptors (Lipinski definition) is 2. The molecule has 2 heteroatoms. The molecule has 0 aliphatic carbocycles. The molecule has 0 spiro atoms. The lowest BCUT2D eigenvalue weighted by Crippen LogP contribution is -2.53. The highest BCUT2D eigenvalue weighted by Crippen LogP contribution is 2.26. The Morgan fingerprint density at radius 2 is 1.62 bits per heavy atom. The fraction of sp³-hybridized carbons (Fsp3) is 1.00. The van der Waals surface area contributed by atoms with E-state index in [9.17, 15) is 0 Å². The van der Waals surface area contributed by atoms with Crippen LogP contribution >= 0.6 is 0 Å². The highest BCUT2D eigenvalue weighted by atomic mass is 15.6. The first-order chi connectivity index (χ1) is 7.85. The van der Waals surface area contributed by atoms with Crippen molar-refractivity contribution in [3.8, 4) is 0 Å². The lowest BCUT2D eigenvalue weighted by molar-refractivity contribution is -0.0964. The minimum absolute atomic E-state index is 0.840. The van der Waals surface area contributed by atoms with Gasteiger partial charge in [0.1, 0.15) is 0 Å². The number of nitrogens with zero attached hydrogens (tertiary/aromatic N) is 2. The van der Waals surface area contributed by atoms with Crippen molar-refractivity contribution in [1.29, 1.82) is 0 Å². The number of hydrazine groups is 1. The van der Waals surface area contributed by atoms with Gasteiger partial charge < -0.3 is 0 Å². The molecule has 2 heterocycles. The zero-order chi connectivity index (χ0) is 11.4. The zero-order valence-electron chi connectivity index (χ0n) is 11.1. The molecule has 0 aromatic rings. The molecule has 0 radical (unpaired) electrons. The SMILES string of the molecule is CCC1CCN(N2CCCCC2CC)CC1. The van der Waals surface area contributed by atoms with Gasteiger partial charge in [-0.1, -0.05) is 26.7 Å². The third-order valence-corrected chi connectivity index (χ3v) is 4.60. The van der Waals surface area contributed by atoms with Crippen LogP contribution in [0.4, 0.5) is 0 Å². The van der Waals surface area contributed by atoms with Crippen LogP contribution in [0.2, 0.25) is 0 Å². The molecule has 16 heavy (non-hydrogen) atoms. The van der Waals surface area contributed by atoms with Crippen LogP contribution < -0.4 is 0 Å². The highest BCUT2D eigenvalue weighted by Gasteiger charge is 2.28. The molecule has 2 aliphatic rings. The maximum absolute atomic E-state index is 2.70.